The molecule has 1 heterocycles. The predicted octanol–water partition coefficient (Wildman–Crippen LogP) is 0.610. The van der Waals surface area contributed by atoms with Crippen LogP contribution in [0.4, 0.5) is 0 Å². The van der Waals surface area contributed by atoms with Crippen LogP contribution < -0.4 is 5.14 Å². The molecule has 21 heavy (non-hydrogen) atoms. The number of rotatable bonds is 8. The van der Waals surface area contributed by atoms with Crippen LogP contribution in [0.5, 0.6) is 0 Å². The van der Waals surface area contributed by atoms with Crippen LogP contribution in [0.3, 0.4) is 0 Å². The normalized spacial score (nSPS) is 11.9. The molecule has 0 aromatic carbocycles. The summed E-state index contributed by atoms with van der Waals surface area (Å²) in [5.74, 6) is 0.769. The maximum atomic E-state index is 12.0. The Hall–Kier alpha value is -1.48. The third kappa shape index (κ3) is 6.21. The zero-order chi connectivity index (χ0) is 16.0. The van der Waals surface area contributed by atoms with Crippen LogP contribution in [-0.2, 0) is 21.4 Å². The summed E-state index contributed by atoms with van der Waals surface area (Å²) in [7, 11) is -3.53. The van der Waals surface area contributed by atoms with Gasteiger partial charge >= 0.3 is 0 Å². The van der Waals surface area contributed by atoms with Gasteiger partial charge in [-0.3, -0.25) is 4.79 Å². The van der Waals surface area contributed by atoms with Gasteiger partial charge in [0.2, 0.25) is 21.8 Å². The Bertz CT molecular complexity index is 568. The molecule has 1 rings (SSSR count). The minimum atomic E-state index is -3.53. The second kappa shape index (κ2) is 7.51. The second-order valence-corrected chi connectivity index (χ2v) is 6.81. The van der Waals surface area contributed by atoms with Crippen LogP contribution >= 0.6 is 0 Å². The maximum absolute atomic E-state index is 12.0. The minimum absolute atomic E-state index is 0.120. The van der Waals surface area contributed by atoms with E-state index in [1.54, 1.807) is 4.90 Å². The second-order valence-electron chi connectivity index (χ2n) is 5.08. The summed E-state index contributed by atoms with van der Waals surface area (Å²) in [4.78, 5) is 17.8. The van der Waals surface area contributed by atoms with Crippen molar-refractivity contribution in [3.05, 3.63) is 11.7 Å². The number of primary sulfonamides is 1. The number of sulfonamides is 1. The van der Waals surface area contributed by atoms with E-state index in [-0.39, 0.29) is 37.0 Å². The Balaban J connectivity index is 2.55. The maximum Gasteiger partial charge on any atom is 0.246 e. The third-order valence-corrected chi connectivity index (χ3v) is 3.74. The van der Waals surface area contributed by atoms with Crippen molar-refractivity contribution in [1.29, 1.82) is 0 Å². The van der Waals surface area contributed by atoms with E-state index in [4.69, 9.17) is 9.66 Å². The van der Waals surface area contributed by atoms with Crippen LogP contribution in [0.2, 0.25) is 0 Å². The molecule has 0 atom stereocenters. The van der Waals surface area contributed by atoms with Gasteiger partial charge in [-0.2, -0.15) is 4.98 Å². The average molecular weight is 318 g/mol. The van der Waals surface area contributed by atoms with Crippen LogP contribution in [0, 0.1) is 0 Å². The molecule has 0 saturated carbocycles. The molecule has 2 N–H and O–H groups in total. The lowest BCUT2D eigenvalue weighted by Gasteiger charge is -2.18. The first-order valence-corrected chi connectivity index (χ1v) is 8.55. The van der Waals surface area contributed by atoms with Gasteiger partial charge in [0.15, 0.2) is 5.82 Å². The van der Waals surface area contributed by atoms with Crippen molar-refractivity contribution in [3.8, 4) is 0 Å². The molecule has 0 aliphatic carbocycles. The molecule has 1 aromatic heterocycles. The number of carbonyl (C=O) groups excluding carboxylic acids is 1. The van der Waals surface area contributed by atoms with Gasteiger partial charge in [0.1, 0.15) is 0 Å². The monoisotopic (exact) mass is 318 g/mol. The molecule has 0 unspecified atom stereocenters. The van der Waals surface area contributed by atoms with Gasteiger partial charge in [0, 0.05) is 18.9 Å². The zero-order valence-corrected chi connectivity index (χ0v) is 13.4. The molecule has 0 bridgehead atoms. The molecule has 0 spiro atoms. The molecule has 1 aromatic rings. The summed E-state index contributed by atoms with van der Waals surface area (Å²) in [6.45, 7) is 6.44. The first-order chi connectivity index (χ1) is 9.73. The Labute approximate surface area is 124 Å². The van der Waals surface area contributed by atoms with Gasteiger partial charge in [-0.25, -0.2) is 13.6 Å². The molecule has 0 radical (unpaired) electrons. The molecule has 0 aliphatic heterocycles. The molecule has 0 saturated heterocycles. The summed E-state index contributed by atoms with van der Waals surface area (Å²) in [6.07, 6.45) is 0.324. The first-order valence-electron chi connectivity index (χ1n) is 6.83. The van der Waals surface area contributed by atoms with Gasteiger partial charge in [-0.1, -0.05) is 19.0 Å². The van der Waals surface area contributed by atoms with Crippen molar-refractivity contribution in [2.75, 3.05) is 12.3 Å². The number of aromatic nitrogens is 2. The van der Waals surface area contributed by atoms with E-state index >= 15 is 0 Å². The standard InChI is InChI=1S/C12H22N4O4S/c1-4-16(11(17)6-5-7-21(13,18)19)8-10-14-12(9(2)3)15-20-10/h9H,4-8H2,1-3H3,(H2,13,18,19). The Morgan fingerprint density at radius 2 is 2.10 bits per heavy atom. The fraction of sp³-hybridized carbons (Fsp3) is 0.750. The summed E-state index contributed by atoms with van der Waals surface area (Å²) >= 11 is 0. The van der Waals surface area contributed by atoms with E-state index in [2.05, 4.69) is 10.1 Å². The van der Waals surface area contributed by atoms with Crippen molar-refractivity contribution in [2.45, 2.75) is 46.1 Å². The molecule has 9 heteroatoms. The van der Waals surface area contributed by atoms with Crippen molar-refractivity contribution in [1.82, 2.24) is 15.0 Å². The highest BCUT2D eigenvalue weighted by molar-refractivity contribution is 7.89. The summed E-state index contributed by atoms with van der Waals surface area (Å²) in [5.41, 5.74) is 0. The third-order valence-electron chi connectivity index (χ3n) is 2.88. The number of hydrogen-bond donors (Lipinski definition) is 1. The highest BCUT2D eigenvalue weighted by atomic mass is 32.2. The van der Waals surface area contributed by atoms with Crippen LogP contribution in [-0.4, -0.2) is 41.7 Å². The van der Waals surface area contributed by atoms with E-state index in [1.165, 1.54) is 0 Å². The highest BCUT2D eigenvalue weighted by Gasteiger charge is 2.17. The Morgan fingerprint density at radius 3 is 2.57 bits per heavy atom. The quantitative estimate of drug-likeness (QED) is 0.750. The summed E-state index contributed by atoms with van der Waals surface area (Å²) in [6, 6.07) is 0. The number of hydrogen-bond acceptors (Lipinski definition) is 6. The summed E-state index contributed by atoms with van der Waals surface area (Å²) < 4.78 is 26.8. The molecule has 8 nitrogen and oxygen atoms in total. The molecular formula is C12H22N4O4S. The van der Waals surface area contributed by atoms with E-state index in [0.717, 1.165) is 0 Å². The lowest BCUT2D eigenvalue weighted by molar-refractivity contribution is -0.131. The average Bonchev–Trinajstić information content (AvgIpc) is 2.82. The molecule has 0 fully saturated rings. The Morgan fingerprint density at radius 1 is 1.43 bits per heavy atom. The van der Waals surface area contributed by atoms with Gasteiger partial charge in [-0.15, -0.1) is 0 Å². The van der Waals surface area contributed by atoms with Crippen LogP contribution in [0.15, 0.2) is 4.52 Å². The number of carbonyl (C=O) groups is 1. The van der Waals surface area contributed by atoms with E-state index in [9.17, 15) is 13.2 Å². The van der Waals surface area contributed by atoms with Crippen molar-refractivity contribution >= 4 is 15.9 Å². The highest BCUT2D eigenvalue weighted by Crippen LogP contribution is 2.11. The molecule has 0 aliphatic rings. The van der Waals surface area contributed by atoms with Gasteiger partial charge in [-0.05, 0) is 13.3 Å². The zero-order valence-electron chi connectivity index (χ0n) is 12.6. The minimum Gasteiger partial charge on any atom is -0.337 e. The van der Waals surface area contributed by atoms with E-state index in [0.29, 0.717) is 18.3 Å². The van der Waals surface area contributed by atoms with Crippen LogP contribution in [0.25, 0.3) is 0 Å². The van der Waals surface area contributed by atoms with E-state index in [1.807, 2.05) is 20.8 Å². The van der Waals surface area contributed by atoms with Gasteiger partial charge in [0.25, 0.3) is 0 Å². The number of nitrogens with zero attached hydrogens (tertiary/aromatic N) is 3. The summed E-state index contributed by atoms with van der Waals surface area (Å²) in [5, 5.41) is 8.74. The number of amides is 1. The largest absolute Gasteiger partial charge is 0.337 e. The fourth-order valence-electron chi connectivity index (χ4n) is 1.69. The first kappa shape index (κ1) is 17.6. The van der Waals surface area contributed by atoms with Gasteiger partial charge in [0.05, 0.1) is 12.3 Å². The van der Waals surface area contributed by atoms with Crippen molar-refractivity contribution in [3.63, 3.8) is 0 Å². The van der Waals surface area contributed by atoms with Gasteiger partial charge < -0.3 is 9.42 Å². The fourth-order valence-corrected chi connectivity index (χ4v) is 2.24. The number of nitrogens with two attached hydrogens (primary N) is 1. The molecule has 120 valence electrons. The van der Waals surface area contributed by atoms with Crippen LogP contribution in [0.1, 0.15) is 51.2 Å². The van der Waals surface area contributed by atoms with E-state index < -0.39 is 10.0 Å². The smallest absolute Gasteiger partial charge is 0.246 e. The lowest BCUT2D eigenvalue weighted by atomic mass is 10.2. The lowest BCUT2D eigenvalue weighted by Crippen LogP contribution is -2.31. The molecular weight excluding hydrogens is 296 g/mol. The predicted molar refractivity (Wildman–Crippen MR) is 76.7 cm³/mol. The topological polar surface area (TPSA) is 119 Å². The van der Waals surface area contributed by atoms with Crippen molar-refractivity contribution in [2.24, 2.45) is 5.14 Å². The molecule has 1 amide bonds. The van der Waals surface area contributed by atoms with Crippen molar-refractivity contribution < 1.29 is 17.7 Å². The SMILES string of the molecule is CCN(Cc1nc(C(C)C)no1)C(=O)CCCS(N)(=O)=O. The Kier molecular flexibility index (Phi) is 6.28.